The summed E-state index contributed by atoms with van der Waals surface area (Å²) >= 11 is 1.21. The number of para-hydroxylation sites is 1. The summed E-state index contributed by atoms with van der Waals surface area (Å²) in [6, 6.07) is 6.82. The number of benzene rings is 1. The summed E-state index contributed by atoms with van der Waals surface area (Å²) in [5.74, 6) is -0.374. The molecule has 7 nitrogen and oxygen atoms in total. The SMILES string of the molecule is CO/N=C(\C(=O)c1ccccc1NCC=O)c1csc(N)n1. The molecule has 2 aromatic rings. The van der Waals surface area contributed by atoms with Gasteiger partial charge in [-0.2, -0.15) is 0 Å². The standard InChI is InChI=1S/C14H14N4O3S/c1-21-18-12(11-8-22-14(15)17-11)13(20)9-4-2-3-5-10(9)16-6-7-19/h2-5,7-8,16H,6H2,1H3,(H2,15,17)/b18-12-. The number of nitrogens with two attached hydrogens (primary N) is 1. The highest BCUT2D eigenvalue weighted by Gasteiger charge is 2.22. The molecule has 22 heavy (non-hydrogen) atoms. The van der Waals surface area contributed by atoms with Crippen LogP contribution in [0.1, 0.15) is 16.1 Å². The van der Waals surface area contributed by atoms with Gasteiger partial charge in [0.05, 0.1) is 6.54 Å². The van der Waals surface area contributed by atoms with E-state index in [1.807, 2.05) is 0 Å². The maximum Gasteiger partial charge on any atom is 0.219 e. The van der Waals surface area contributed by atoms with Crippen LogP contribution in [0.2, 0.25) is 0 Å². The van der Waals surface area contributed by atoms with Gasteiger partial charge in [-0.1, -0.05) is 17.3 Å². The zero-order chi connectivity index (χ0) is 15.9. The molecule has 0 spiro atoms. The van der Waals surface area contributed by atoms with E-state index in [0.717, 1.165) is 0 Å². The Morgan fingerprint density at radius 1 is 1.50 bits per heavy atom. The summed E-state index contributed by atoms with van der Waals surface area (Å²) in [7, 11) is 1.35. The van der Waals surface area contributed by atoms with Crippen LogP contribution >= 0.6 is 11.3 Å². The highest BCUT2D eigenvalue weighted by Crippen LogP contribution is 2.20. The van der Waals surface area contributed by atoms with Gasteiger partial charge < -0.3 is 20.7 Å². The predicted octanol–water partition coefficient (Wildman–Crippen LogP) is 1.57. The molecule has 0 radical (unpaired) electrons. The summed E-state index contributed by atoms with van der Waals surface area (Å²) < 4.78 is 0. The van der Waals surface area contributed by atoms with E-state index in [-0.39, 0.29) is 18.0 Å². The fourth-order valence-corrected chi connectivity index (χ4v) is 2.35. The van der Waals surface area contributed by atoms with Crippen molar-refractivity contribution in [2.45, 2.75) is 0 Å². The summed E-state index contributed by atoms with van der Waals surface area (Å²) in [5.41, 5.74) is 6.90. The van der Waals surface area contributed by atoms with Crippen LogP contribution in [0.5, 0.6) is 0 Å². The van der Waals surface area contributed by atoms with Crippen LogP contribution in [-0.2, 0) is 9.63 Å². The van der Waals surface area contributed by atoms with Gasteiger partial charge in [-0.25, -0.2) is 4.98 Å². The number of nitrogens with zero attached hydrogens (tertiary/aromatic N) is 2. The predicted molar refractivity (Wildman–Crippen MR) is 85.4 cm³/mol. The first kappa shape index (κ1) is 15.6. The number of aromatic nitrogens is 1. The number of thiazole rings is 1. The molecule has 0 unspecified atom stereocenters. The van der Waals surface area contributed by atoms with Crippen LogP contribution in [0.3, 0.4) is 0 Å². The maximum absolute atomic E-state index is 12.7. The van der Waals surface area contributed by atoms with E-state index in [1.54, 1.807) is 29.6 Å². The van der Waals surface area contributed by atoms with Crippen LogP contribution in [0.15, 0.2) is 34.8 Å². The van der Waals surface area contributed by atoms with E-state index in [9.17, 15) is 9.59 Å². The van der Waals surface area contributed by atoms with Crippen molar-refractivity contribution in [2.24, 2.45) is 5.16 Å². The van der Waals surface area contributed by atoms with Crippen molar-refractivity contribution in [2.75, 3.05) is 24.7 Å². The number of carbonyl (C=O) groups is 2. The smallest absolute Gasteiger partial charge is 0.219 e. The summed E-state index contributed by atoms with van der Waals surface area (Å²) in [6.45, 7) is 0.102. The average Bonchev–Trinajstić information content (AvgIpc) is 2.96. The number of aldehydes is 1. The van der Waals surface area contributed by atoms with Gasteiger partial charge in [0.15, 0.2) is 10.8 Å². The molecule has 1 aromatic heterocycles. The number of carbonyl (C=O) groups excluding carboxylic acids is 2. The molecule has 2 rings (SSSR count). The Labute approximate surface area is 130 Å². The molecule has 0 aliphatic rings. The molecule has 0 fully saturated rings. The Morgan fingerprint density at radius 3 is 2.91 bits per heavy atom. The number of oxime groups is 1. The minimum absolute atomic E-state index is 0.0517. The van der Waals surface area contributed by atoms with Crippen molar-refractivity contribution in [3.05, 3.63) is 40.9 Å². The highest BCUT2D eigenvalue weighted by atomic mass is 32.1. The fraction of sp³-hybridized carbons (Fsp3) is 0.143. The molecule has 0 bridgehead atoms. The second-order valence-electron chi connectivity index (χ2n) is 4.12. The lowest BCUT2D eigenvalue weighted by molar-refractivity contribution is -0.106. The quantitative estimate of drug-likeness (QED) is 0.347. The third kappa shape index (κ3) is 3.47. The summed E-state index contributed by atoms with van der Waals surface area (Å²) in [4.78, 5) is 32.0. The average molecular weight is 318 g/mol. The molecule has 3 N–H and O–H groups in total. The Bertz CT molecular complexity index is 712. The van der Waals surface area contributed by atoms with Crippen molar-refractivity contribution in [1.82, 2.24) is 4.98 Å². The lowest BCUT2D eigenvalue weighted by Gasteiger charge is -2.09. The van der Waals surface area contributed by atoms with Gasteiger partial charge in [0, 0.05) is 16.6 Å². The van der Waals surface area contributed by atoms with Gasteiger partial charge in [-0.05, 0) is 12.1 Å². The second-order valence-corrected chi connectivity index (χ2v) is 5.01. The molecule has 0 saturated heterocycles. The van der Waals surface area contributed by atoms with E-state index < -0.39 is 0 Å². The molecule has 114 valence electrons. The maximum atomic E-state index is 12.7. The molecule has 8 heteroatoms. The van der Waals surface area contributed by atoms with E-state index in [4.69, 9.17) is 10.6 Å². The van der Waals surface area contributed by atoms with Crippen molar-refractivity contribution in [3.8, 4) is 0 Å². The van der Waals surface area contributed by atoms with Crippen molar-refractivity contribution < 1.29 is 14.4 Å². The van der Waals surface area contributed by atoms with Gasteiger partial charge in [0.1, 0.15) is 19.1 Å². The van der Waals surface area contributed by atoms with Gasteiger partial charge in [-0.3, -0.25) is 4.79 Å². The highest BCUT2D eigenvalue weighted by molar-refractivity contribution is 7.13. The molecule has 0 atom stereocenters. The Balaban J connectivity index is 2.40. The van der Waals surface area contributed by atoms with Crippen molar-refractivity contribution in [3.63, 3.8) is 0 Å². The monoisotopic (exact) mass is 318 g/mol. The minimum Gasteiger partial charge on any atom is -0.398 e. The lowest BCUT2D eigenvalue weighted by Crippen LogP contribution is -2.19. The molecule has 0 saturated carbocycles. The second kappa shape index (κ2) is 7.32. The van der Waals surface area contributed by atoms with E-state index in [2.05, 4.69) is 15.5 Å². The van der Waals surface area contributed by atoms with Crippen LogP contribution in [-0.4, -0.2) is 36.4 Å². The molecule has 1 aromatic carbocycles. The number of anilines is 2. The van der Waals surface area contributed by atoms with Gasteiger partial charge >= 0.3 is 0 Å². The van der Waals surface area contributed by atoms with E-state index in [1.165, 1.54) is 18.4 Å². The van der Waals surface area contributed by atoms with Crippen LogP contribution < -0.4 is 11.1 Å². The molecule has 0 amide bonds. The number of hydrogen-bond donors (Lipinski definition) is 2. The van der Waals surface area contributed by atoms with Crippen molar-refractivity contribution in [1.29, 1.82) is 0 Å². The molecular weight excluding hydrogens is 304 g/mol. The third-order valence-electron chi connectivity index (χ3n) is 2.71. The molecule has 0 aliphatic heterocycles. The van der Waals surface area contributed by atoms with Gasteiger partial charge in [0.2, 0.25) is 5.78 Å². The Kier molecular flexibility index (Phi) is 5.21. The largest absolute Gasteiger partial charge is 0.398 e. The number of Topliss-reactive ketones (excluding diaryl/α,β-unsaturated/α-hetero) is 1. The number of rotatable bonds is 7. The van der Waals surface area contributed by atoms with Crippen LogP contribution in [0.25, 0.3) is 0 Å². The van der Waals surface area contributed by atoms with Crippen LogP contribution in [0, 0.1) is 0 Å². The summed E-state index contributed by atoms with van der Waals surface area (Å²) in [6.07, 6.45) is 0.715. The Hall–Kier alpha value is -2.74. The first-order valence-electron chi connectivity index (χ1n) is 6.31. The minimum atomic E-state index is -0.374. The Morgan fingerprint density at radius 2 is 2.27 bits per heavy atom. The molecular formula is C14H14N4O3S. The lowest BCUT2D eigenvalue weighted by atomic mass is 10.0. The first-order chi connectivity index (χ1) is 10.7. The normalized spacial score (nSPS) is 11.0. The topological polar surface area (TPSA) is 107 Å². The van der Waals surface area contributed by atoms with E-state index >= 15 is 0 Å². The molecule has 0 aliphatic carbocycles. The fourth-order valence-electron chi connectivity index (χ4n) is 1.81. The van der Waals surface area contributed by atoms with Crippen LogP contribution in [0.4, 0.5) is 10.8 Å². The third-order valence-corrected chi connectivity index (χ3v) is 3.38. The number of nitrogens with one attached hydrogen (secondary N) is 1. The zero-order valence-electron chi connectivity index (χ0n) is 11.8. The van der Waals surface area contributed by atoms with Crippen molar-refractivity contribution >= 4 is 39.9 Å². The summed E-state index contributed by atoms with van der Waals surface area (Å²) in [5, 5.41) is 8.60. The number of nitrogen functional groups attached to an aromatic ring is 1. The molecule has 1 heterocycles. The number of hydrogen-bond acceptors (Lipinski definition) is 8. The number of ketones is 1. The first-order valence-corrected chi connectivity index (χ1v) is 7.19. The van der Waals surface area contributed by atoms with Gasteiger partial charge in [0.25, 0.3) is 0 Å². The van der Waals surface area contributed by atoms with E-state index in [0.29, 0.717) is 28.4 Å². The van der Waals surface area contributed by atoms with Gasteiger partial charge in [-0.15, -0.1) is 11.3 Å². The zero-order valence-corrected chi connectivity index (χ0v) is 12.6.